The van der Waals surface area contributed by atoms with Gasteiger partial charge in [0.25, 0.3) is 0 Å². The summed E-state index contributed by atoms with van der Waals surface area (Å²) in [7, 11) is 0. The SMILES string of the molecule is O=C1c2ccccc2[C@@H]2[C@H]1[C@@H]1C=CC(=O)[C@H]2O1. The Hall–Kier alpha value is -1.74. The Morgan fingerprint density at radius 3 is 2.76 bits per heavy atom. The maximum absolute atomic E-state index is 12.3. The van der Waals surface area contributed by atoms with Crippen LogP contribution in [0.3, 0.4) is 0 Å². The fraction of sp³-hybridized carbons (Fsp3) is 0.286. The van der Waals surface area contributed by atoms with Crippen molar-refractivity contribution in [2.45, 2.75) is 18.1 Å². The Labute approximate surface area is 98.1 Å². The van der Waals surface area contributed by atoms with Crippen LogP contribution in [0.2, 0.25) is 0 Å². The number of ether oxygens (including phenoxy) is 1. The summed E-state index contributed by atoms with van der Waals surface area (Å²) in [6.07, 6.45) is 2.62. The van der Waals surface area contributed by atoms with Gasteiger partial charge in [-0.2, -0.15) is 0 Å². The lowest BCUT2D eigenvalue weighted by atomic mass is 9.87. The van der Waals surface area contributed by atoms with Gasteiger partial charge in [-0.15, -0.1) is 0 Å². The van der Waals surface area contributed by atoms with Crippen LogP contribution in [-0.4, -0.2) is 23.8 Å². The fourth-order valence-electron chi connectivity index (χ4n) is 3.29. The molecule has 3 nitrogen and oxygen atoms in total. The molecule has 0 spiro atoms. The average Bonchev–Trinajstić information content (AvgIpc) is 2.82. The van der Waals surface area contributed by atoms with Gasteiger partial charge in [-0.3, -0.25) is 9.59 Å². The summed E-state index contributed by atoms with van der Waals surface area (Å²) in [6, 6.07) is 7.57. The molecule has 2 bridgehead atoms. The Morgan fingerprint density at radius 1 is 1.06 bits per heavy atom. The van der Waals surface area contributed by atoms with Crippen molar-refractivity contribution in [3.05, 3.63) is 47.5 Å². The van der Waals surface area contributed by atoms with E-state index >= 15 is 0 Å². The first kappa shape index (κ1) is 9.31. The summed E-state index contributed by atoms with van der Waals surface area (Å²) in [6.45, 7) is 0. The molecule has 2 heterocycles. The van der Waals surface area contributed by atoms with E-state index in [0.29, 0.717) is 0 Å². The summed E-state index contributed by atoms with van der Waals surface area (Å²) < 4.78 is 5.65. The number of ketones is 2. The lowest BCUT2D eigenvalue weighted by Gasteiger charge is -2.17. The quantitative estimate of drug-likeness (QED) is 0.673. The normalized spacial score (nSPS) is 37.2. The number of fused-ring (bicyclic) bond motifs is 7. The third-order valence-corrected chi connectivity index (χ3v) is 3.99. The molecule has 0 saturated carbocycles. The highest BCUT2D eigenvalue weighted by Crippen LogP contribution is 2.50. The van der Waals surface area contributed by atoms with Gasteiger partial charge in [0.15, 0.2) is 11.6 Å². The molecule has 1 aliphatic carbocycles. The van der Waals surface area contributed by atoms with Gasteiger partial charge >= 0.3 is 0 Å². The molecule has 17 heavy (non-hydrogen) atoms. The summed E-state index contributed by atoms with van der Waals surface area (Å²) in [5.41, 5.74) is 1.75. The van der Waals surface area contributed by atoms with E-state index in [1.807, 2.05) is 24.3 Å². The number of Topliss-reactive ketones (excluding diaryl/α,β-unsaturated/α-hetero) is 1. The number of hydrogen-bond acceptors (Lipinski definition) is 3. The molecule has 1 fully saturated rings. The van der Waals surface area contributed by atoms with Crippen LogP contribution in [0.1, 0.15) is 21.8 Å². The number of hydrogen-bond donors (Lipinski definition) is 0. The Kier molecular flexibility index (Phi) is 1.60. The van der Waals surface area contributed by atoms with E-state index in [4.69, 9.17) is 4.74 Å². The van der Waals surface area contributed by atoms with Crippen LogP contribution in [0.5, 0.6) is 0 Å². The van der Waals surface area contributed by atoms with Crippen LogP contribution in [0.15, 0.2) is 36.4 Å². The van der Waals surface area contributed by atoms with Crippen LogP contribution in [-0.2, 0) is 9.53 Å². The summed E-state index contributed by atoms with van der Waals surface area (Å²) in [5.74, 6) is -0.165. The van der Waals surface area contributed by atoms with Crippen molar-refractivity contribution in [1.82, 2.24) is 0 Å². The monoisotopic (exact) mass is 226 g/mol. The van der Waals surface area contributed by atoms with Crippen molar-refractivity contribution in [3.63, 3.8) is 0 Å². The van der Waals surface area contributed by atoms with Gasteiger partial charge in [-0.25, -0.2) is 0 Å². The average molecular weight is 226 g/mol. The van der Waals surface area contributed by atoms with Crippen LogP contribution < -0.4 is 0 Å². The van der Waals surface area contributed by atoms with Crippen LogP contribution in [0.4, 0.5) is 0 Å². The van der Waals surface area contributed by atoms with Gasteiger partial charge in [0.2, 0.25) is 0 Å². The van der Waals surface area contributed by atoms with Crippen LogP contribution in [0.25, 0.3) is 0 Å². The molecule has 0 N–H and O–H groups in total. The summed E-state index contributed by atoms with van der Waals surface area (Å²) >= 11 is 0. The van der Waals surface area contributed by atoms with Gasteiger partial charge < -0.3 is 4.74 Å². The number of benzene rings is 1. The van der Waals surface area contributed by atoms with E-state index in [1.165, 1.54) is 0 Å². The highest BCUT2D eigenvalue weighted by molar-refractivity contribution is 6.07. The topological polar surface area (TPSA) is 43.4 Å². The fourth-order valence-corrected chi connectivity index (χ4v) is 3.29. The summed E-state index contributed by atoms with van der Waals surface area (Å²) in [5, 5.41) is 0. The van der Waals surface area contributed by atoms with Crippen LogP contribution in [0, 0.1) is 5.92 Å². The van der Waals surface area contributed by atoms with E-state index in [2.05, 4.69) is 0 Å². The van der Waals surface area contributed by atoms with Crippen molar-refractivity contribution in [2.75, 3.05) is 0 Å². The predicted octanol–water partition coefficient (Wildman–Crippen LogP) is 1.49. The minimum Gasteiger partial charge on any atom is -0.361 e. The summed E-state index contributed by atoms with van der Waals surface area (Å²) in [4.78, 5) is 24.1. The van der Waals surface area contributed by atoms with Crippen molar-refractivity contribution < 1.29 is 14.3 Å². The van der Waals surface area contributed by atoms with Gasteiger partial charge in [0.1, 0.15) is 6.10 Å². The molecule has 4 rings (SSSR count). The minimum atomic E-state index is -0.456. The zero-order valence-corrected chi connectivity index (χ0v) is 9.00. The van der Waals surface area contributed by atoms with Gasteiger partial charge in [0, 0.05) is 11.5 Å². The lowest BCUT2D eigenvalue weighted by Crippen LogP contribution is -2.27. The van der Waals surface area contributed by atoms with E-state index in [0.717, 1.165) is 11.1 Å². The zero-order chi connectivity index (χ0) is 11.6. The molecule has 84 valence electrons. The second-order valence-corrected chi connectivity index (χ2v) is 4.79. The van der Waals surface area contributed by atoms with E-state index in [-0.39, 0.29) is 29.5 Å². The molecule has 0 unspecified atom stereocenters. The molecule has 0 radical (unpaired) electrons. The Bertz CT molecular complexity index is 573. The Morgan fingerprint density at radius 2 is 1.88 bits per heavy atom. The molecule has 2 aliphatic heterocycles. The second kappa shape index (κ2) is 2.93. The molecule has 0 aromatic heterocycles. The maximum atomic E-state index is 12.3. The van der Waals surface area contributed by atoms with Crippen molar-refractivity contribution in [2.24, 2.45) is 5.92 Å². The van der Waals surface area contributed by atoms with Crippen molar-refractivity contribution in [3.8, 4) is 0 Å². The Balaban J connectivity index is 1.94. The smallest absolute Gasteiger partial charge is 0.184 e. The third-order valence-electron chi connectivity index (χ3n) is 3.99. The molecule has 3 heteroatoms. The molecule has 0 amide bonds. The van der Waals surface area contributed by atoms with Crippen LogP contribution >= 0.6 is 0 Å². The maximum Gasteiger partial charge on any atom is 0.184 e. The van der Waals surface area contributed by atoms with E-state index in [1.54, 1.807) is 12.2 Å². The molecule has 4 atom stereocenters. The van der Waals surface area contributed by atoms with Crippen molar-refractivity contribution in [1.29, 1.82) is 0 Å². The first-order chi connectivity index (χ1) is 8.27. The minimum absolute atomic E-state index is 0.0155. The van der Waals surface area contributed by atoms with E-state index < -0.39 is 6.10 Å². The zero-order valence-electron chi connectivity index (χ0n) is 9.00. The molecule has 1 saturated heterocycles. The molecular formula is C14H10O3. The number of carbonyl (C=O) groups excluding carboxylic acids is 2. The molecule has 1 aromatic rings. The van der Waals surface area contributed by atoms with Gasteiger partial charge in [0.05, 0.1) is 12.0 Å². The second-order valence-electron chi connectivity index (χ2n) is 4.79. The van der Waals surface area contributed by atoms with Gasteiger partial charge in [-0.1, -0.05) is 30.3 Å². The first-order valence-corrected chi connectivity index (χ1v) is 5.78. The third kappa shape index (κ3) is 1.00. The molecule has 3 aliphatic rings. The van der Waals surface area contributed by atoms with E-state index in [9.17, 15) is 9.59 Å². The predicted molar refractivity (Wildman–Crippen MR) is 59.8 cm³/mol. The van der Waals surface area contributed by atoms with Crippen molar-refractivity contribution >= 4 is 11.6 Å². The first-order valence-electron chi connectivity index (χ1n) is 5.78. The largest absolute Gasteiger partial charge is 0.361 e. The molecule has 1 aromatic carbocycles. The number of carbonyl (C=O) groups is 2. The highest BCUT2D eigenvalue weighted by Gasteiger charge is 2.56. The lowest BCUT2D eigenvalue weighted by molar-refractivity contribution is -0.126. The number of rotatable bonds is 0. The highest BCUT2D eigenvalue weighted by atomic mass is 16.5. The van der Waals surface area contributed by atoms with Gasteiger partial charge in [-0.05, 0) is 11.6 Å². The molecular weight excluding hydrogens is 216 g/mol. The standard InChI is InChI=1S/C14H10O3/c15-9-5-6-10-12-11(14(9)17-10)7-3-1-2-4-8(7)13(12)16/h1-6,10-12,14H/t10-,11+,12+,14+/m0/s1.